The maximum Gasteiger partial charge on any atom is 0.185 e. The van der Waals surface area contributed by atoms with Crippen LogP contribution in [0.15, 0.2) is 12.1 Å². The Kier molecular flexibility index (Phi) is 7.37. The predicted molar refractivity (Wildman–Crippen MR) is 83.7 cm³/mol. The second kappa shape index (κ2) is 8.77. The maximum absolute atomic E-state index is 10.9. The highest BCUT2D eigenvalue weighted by Gasteiger charge is 2.26. The van der Waals surface area contributed by atoms with E-state index in [4.69, 9.17) is 9.47 Å². The Morgan fingerprint density at radius 1 is 1.27 bits per heavy atom. The number of ether oxygens (including phenoxy) is 2. The van der Waals surface area contributed by atoms with E-state index in [1.54, 1.807) is 0 Å². The lowest BCUT2D eigenvalue weighted by atomic mass is 9.99. The summed E-state index contributed by atoms with van der Waals surface area (Å²) < 4.78 is 10.4. The van der Waals surface area contributed by atoms with Crippen molar-refractivity contribution in [2.24, 2.45) is 0 Å². The van der Waals surface area contributed by atoms with Gasteiger partial charge in [-0.25, -0.2) is 0 Å². The van der Waals surface area contributed by atoms with Crippen molar-refractivity contribution in [2.75, 3.05) is 20.0 Å². The van der Waals surface area contributed by atoms with Gasteiger partial charge in [0.05, 0.1) is 25.9 Å². The van der Waals surface area contributed by atoms with Crippen molar-refractivity contribution >= 4 is 23.2 Å². The molecule has 22 heavy (non-hydrogen) atoms. The second-order valence-electron chi connectivity index (χ2n) is 4.60. The average molecular weight is 328 g/mol. The van der Waals surface area contributed by atoms with Crippen molar-refractivity contribution in [3.05, 3.63) is 23.3 Å². The molecule has 0 bridgehead atoms. The first-order valence-corrected chi connectivity index (χ1v) is 7.63. The number of methoxy groups -OCH3 is 2. The molecular formula is C15H20O6S. The summed E-state index contributed by atoms with van der Waals surface area (Å²) in [7, 11) is 2.80. The van der Waals surface area contributed by atoms with E-state index >= 15 is 0 Å². The molecule has 0 aromatic heterocycles. The number of rotatable bonds is 8. The van der Waals surface area contributed by atoms with Gasteiger partial charge in [-0.3, -0.25) is 9.59 Å². The first kappa shape index (κ1) is 18.5. The fourth-order valence-corrected chi connectivity index (χ4v) is 2.64. The lowest BCUT2D eigenvalue weighted by Gasteiger charge is -2.22. The highest BCUT2D eigenvalue weighted by atomic mass is 32.2. The molecule has 7 heteroatoms. The zero-order chi connectivity index (χ0) is 16.7. The molecule has 2 N–H and O–H groups in total. The lowest BCUT2D eigenvalue weighted by molar-refractivity contribution is -0.109. The first-order valence-electron chi connectivity index (χ1n) is 6.65. The normalized spacial score (nSPS) is 13.3. The van der Waals surface area contributed by atoms with E-state index in [-0.39, 0.29) is 28.6 Å². The summed E-state index contributed by atoms with van der Waals surface area (Å²) in [4.78, 5) is 21.8. The van der Waals surface area contributed by atoms with Crippen LogP contribution in [0, 0.1) is 0 Å². The Bertz CT molecular complexity index is 506. The summed E-state index contributed by atoms with van der Waals surface area (Å²) >= 11 is 1.08. The van der Waals surface area contributed by atoms with Gasteiger partial charge in [-0.1, -0.05) is 11.8 Å². The van der Waals surface area contributed by atoms with Gasteiger partial charge < -0.3 is 19.7 Å². The van der Waals surface area contributed by atoms with Crippen molar-refractivity contribution in [2.45, 2.75) is 25.6 Å². The Morgan fingerprint density at radius 2 is 1.82 bits per heavy atom. The van der Waals surface area contributed by atoms with Gasteiger partial charge in [-0.05, 0) is 18.6 Å². The van der Waals surface area contributed by atoms with Crippen LogP contribution in [0.2, 0.25) is 0 Å². The van der Waals surface area contributed by atoms with Crippen LogP contribution in [0.4, 0.5) is 0 Å². The summed E-state index contributed by atoms with van der Waals surface area (Å²) in [5, 5.41) is 20.4. The Morgan fingerprint density at radius 3 is 2.23 bits per heavy atom. The van der Waals surface area contributed by atoms with Crippen molar-refractivity contribution in [1.82, 2.24) is 0 Å². The van der Waals surface area contributed by atoms with Gasteiger partial charge in [0, 0.05) is 18.2 Å². The van der Waals surface area contributed by atoms with E-state index in [0.29, 0.717) is 17.6 Å². The Labute approximate surface area is 133 Å². The molecule has 0 heterocycles. The van der Waals surface area contributed by atoms with E-state index in [9.17, 15) is 19.8 Å². The third-order valence-corrected chi connectivity index (χ3v) is 3.93. The van der Waals surface area contributed by atoms with E-state index in [1.807, 2.05) is 0 Å². The first-order chi connectivity index (χ1) is 10.4. The number of aldehydes is 1. The third-order valence-electron chi connectivity index (χ3n) is 3.08. The molecule has 1 aromatic rings. The minimum Gasteiger partial charge on any atom is -0.496 e. The molecule has 0 aliphatic rings. The molecule has 0 spiro atoms. The van der Waals surface area contributed by atoms with Gasteiger partial charge in [-0.15, -0.1) is 0 Å². The van der Waals surface area contributed by atoms with Crippen LogP contribution in [0.5, 0.6) is 11.5 Å². The van der Waals surface area contributed by atoms with E-state index < -0.39 is 12.2 Å². The topological polar surface area (TPSA) is 93.1 Å². The highest BCUT2D eigenvalue weighted by molar-refractivity contribution is 8.13. The Hall–Kier alpha value is -1.57. The van der Waals surface area contributed by atoms with Gasteiger partial charge in [0.25, 0.3) is 0 Å². The minimum atomic E-state index is -1.25. The van der Waals surface area contributed by atoms with Crippen molar-refractivity contribution in [3.8, 4) is 11.5 Å². The fourth-order valence-electron chi connectivity index (χ4n) is 1.99. The molecule has 0 aliphatic carbocycles. The largest absolute Gasteiger partial charge is 0.496 e. The molecule has 1 aromatic carbocycles. The van der Waals surface area contributed by atoms with Crippen LogP contribution in [-0.2, 0) is 4.79 Å². The number of carbonyl (C=O) groups is 2. The number of hydrogen-bond acceptors (Lipinski definition) is 7. The average Bonchev–Trinajstić information content (AvgIpc) is 2.52. The Balaban J connectivity index is 3.02. The summed E-state index contributed by atoms with van der Waals surface area (Å²) in [5.74, 6) is 0.907. The SMILES string of the molecule is COc1cc(C=O)cc(OC)c1C(O)C(O)CCSC(C)=O. The number of hydrogen-bond donors (Lipinski definition) is 2. The number of carbonyl (C=O) groups excluding carboxylic acids is 2. The molecule has 122 valence electrons. The van der Waals surface area contributed by atoms with Crippen LogP contribution in [0.25, 0.3) is 0 Å². The molecule has 0 saturated carbocycles. The van der Waals surface area contributed by atoms with Crippen LogP contribution >= 0.6 is 11.8 Å². The molecule has 0 fully saturated rings. The summed E-state index contributed by atoms with van der Waals surface area (Å²) in [5.41, 5.74) is 0.613. The van der Waals surface area contributed by atoms with Crippen LogP contribution in [-0.4, -0.2) is 47.7 Å². The standard InChI is InChI=1S/C15H20O6S/c1-9(17)22-5-4-11(18)15(19)14-12(20-2)6-10(8-16)7-13(14)21-3/h6-8,11,15,18-19H,4-5H2,1-3H3. The summed E-state index contributed by atoms with van der Waals surface area (Å²) in [6, 6.07) is 2.93. The smallest absolute Gasteiger partial charge is 0.185 e. The number of aliphatic hydroxyl groups is 2. The van der Waals surface area contributed by atoms with Gasteiger partial charge in [0.2, 0.25) is 0 Å². The van der Waals surface area contributed by atoms with Crippen LogP contribution < -0.4 is 9.47 Å². The minimum absolute atomic E-state index is 0.0489. The van der Waals surface area contributed by atoms with E-state index in [1.165, 1.54) is 33.3 Å². The van der Waals surface area contributed by atoms with Gasteiger partial charge in [-0.2, -0.15) is 0 Å². The lowest BCUT2D eigenvalue weighted by Crippen LogP contribution is -2.20. The molecular weight excluding hydrogens is 308 g/mol. The molecule has 2 unspecified atom stereocenters. The van der Waals surface area contributed by atoms with Gasteiger partial charge in [0.15, 0.2) is 5.12 Å². The second-order valence-corrected chi connectivity index (χ2v) is 5.87. The van der Waals surface area contributed by atoms with Crippen molar-refractivity contribution in [3.63, 3.8) is 0 Å². The summed E-state index contributed by atoms with van der Waals surface area (Å²) in [6.07, 6.45) is -1.47. The molecule has 2 atom stereocenters. The van der Waals surface area contributed by atoms with Crippen LogP contribution in [0.1, 0.15) is 35.4 Å². The number of aliphatic hydroxyl groups excluding tert-OH is 2. The van der Waals surface area contributed by atoms with E-state index in [0.717, 1.165) is 11.8 Å². The van der Waals surface area contributed by atoms with Gasteiger partial charge in [0.1, 0.15) is 23.9 Å². The van der Waals surface area contributed by atoms with E-state index in [2.05, 4.69) is 0 Å². The number of benzene rings is 1. The van der Waals surface area contributed by atoms with Gasteiger partial charge >= 0.3 is 0 Å². The number of thioether (sulfide) groups is 1. The van der Waals surface area contributed by atoms with Crippen LogP contribution in [0.3, 0.4) is 0 Å². The molecule has 6 nitrogen and oxygen atoms in total. The molecule has 0 radical (unpaired) electrons. The summed E-state index contributed by atoms with van der Waals surface area (Å²) in [6.45, 7) is 1.44. The monoisotopic (exact) mass is 328 g/mol. The maximum atomic E-state index is 10.9. The molecule has 0 amide bonds. The van der Waals surface area contributed by atoms with Crippen molar-refractivity contribution in [1.29, 1.82) is 0 Å². The highest BCUT2D eigenvalue weighted by Crippen LogP contribution is 2.37. The molecule has 1 rings (SSSR count). The fraction of sp³-hybridized carbons (Fsp3) is 0.467. The van der Waals surface area contributed by atoms with Crippen molar-refractivity contribution < 1.29 is 29.3 Å². The molecule has 0 aliphatic heterocycles. The predicted octanol–water partition coefficient (Wildman–Crippen LogP) is 1.58. The zero-order valence-electron chi connectivity index (χ0n) is 12.7. The third kappa shape index (κ3) is 4.72. The zero-order valence-corrected chi connectivity index (χ0v) is 13.6. The molecule has 0 saturated heterocycles. The quantitative estimate of drug-likeness (QED) is 0.700.